The molecule has 0 radical (unpaired) electrons. The molecule has 2 aromatic carbocycles. The third-order valence-electron chi connectivity index (χ3n) is 18.6. The first-order valence-corrected chi connectivity index (χ1v) is 35.2. The second-order valence-corrected chi connectivity index (χ2v) is 28.7. The molecule has 2 aliphatic heterocycles. The monoisotopic (exact) mass is 1380 g/mol. The van der Waals surface area contributed by atoms with Gasteiger partial charge in [0, 0.05) is 81.9 Å². The Morgan fingerprint density at radius 2 is 0.919 bits per heavy atom. The van der Waals surface area contributed by atoms with Crippen LogP contribution in [0, 0.1) is 23.7 Å². The van der Waals surface area contributed by atoms with Crippen LogP contribution in [-0.2, 0) is 75.1 Å². The molecular weight excluding hydrogens is 1270 g/mol. The highest BCUT2D eigenvalue weighted by molar-refractivity contribution is 6.00. The molecular formula is C73H116N12O14. The number of carbonyl (C=O) groups is 12. The highest BCUT2D eigenvalue weighted by Gasteiger charge is 2.44. The van der Waals surface area contributed by atoms with Crippen molar-refractivity contribution in [1.29, 1.82) is 0 Å². The van der Waals surface area contributed by atoms with E-state index in [1.165, 1.54) is 82.8 Å². The molecule has 99 heavy (non-hydrogen) atoms. The summed E-state index contributed by atoms with van der Waals surface area (Å²) < 4.78 is 6.01. The first-order valence-electron chi connectivity index (χ1n) is 35.2. The van der Waals surface area contributed by atoms with Crippen LogP contribution in [-0.4, -0.2) is 264 Å². The van der Waals surface area contributed by atoms with Gasteiger partial charge in [0.2, 0.25) is 70.9 Å². The number of aliphatic hydroxyl groups excluding tert-OH is 1. The average molecular weight is 1390 g/mol. The number of nitrogens with zero attached hydrogens (tertiary/aromatic N) is 8. The minimum atomic E-state index is -1.68. The number of likely N-dealkylation sites (N-methyl/N-ethyl adjacent to an activating group) is 7. The van der Waals surface area contributed by atoms with Crippen molar-refractivity contribution in [2.24, 2.45) is 23.7 Å². The summed E-state index contributed by atoms with van der Waals surface area (Å²) in [5.74, 6) is -9.59. The van der Waals surface area contributed by atoms with Crippen molar-refractivity contribution in [3.63, 3.8) is 0 Å². The van der Waals surface area contributed by atoms with E-state index in [-0.39, 0.29) is 75.4 Å². The van der Waals surface area contributed by atoms with Crippen LogP contribution in [0.5, 0.6) is 0 Å². The third kappa shape index (κ3) is 24.4. The standard InChI is InChI=1S/C73H116N12O14/c1-19-35-99-44-55-69(94)84(18)60(41-52-31-25-21-26-32-52)72(97)81(15)57(38-47(6)7)67(92)77-63(50(11)86)73(98)78(12)43-62(88)80(14)56(37-46(4)5)65(90)75-54(70(95)85-33-27-22-28-34-85)42-61(87)79(13)49(10)64(89)74-53(36-45(2)3)68(93)83(17)59(39-48(8)9)71(96)82(16)58(66(91)76-55)40-51-29-23-20-24-30-51/h20-21,23-26,29-32,45-50,53-60,63,86H,19,22,27-28,33-44H2,1-18H3,(H,74,89)(H,75,90)(H,76,91)(H,77,92)/t49-,50+,53-,54-,55-,56-,57-,58-,59-,60-,63-/m0/s1. The van der Waals surface area contributed by atoms with Crippen molar-refractivity contribution < 1.29 is 67.4 Å². The average Bonchev–Trinajstić information content (AvgIpc) is 0.818. The third-order valence-corrected chi connectivity index (χ3v) is 18.6. The van der Waals surface area contributed by atoms with E-state index in [1.807, 2.05) is 62.3 Å². The molecule has 0 bridgehead atoms. The predicted octanol–water partition coefficient (Wildman–Crippen LogP) is 3.26. The maximum Gasteiger partial charge on any atom is 0.248 e. The zero-order valence-corrected chi connectivity index (χ0v) is 62.1. The quantitative estimate of drug-likeness (QED) is 0.134. The molecule has 2 aromatic rings. The Morgan fingerprint density at radius 3 is 1.43 bits per heavy atom. The lowest BCUT2D eigenvalue weighted by Gasteiger charge is -2.38. The Bertz CT molecular complexity index is 3040. The molecule has 11 atom stereocenters. The Kier molecular flexibility index (Phi) is 33.5. The first-order chi connectivity index (χ1) is 46.5. The number of piperidine rings is 1. The van der Waals surface area contributed by atoms with Crippen LogP contribution >= 0.6 is 0 Å². The van der Waals surface area contributed by atoms with E-state index in [4.69, 9.17) is 4.74 Å². The molecule has 2 heterocycles. The van der Waals surface area contributed by atoms with Crippen LogP contribution < -0.4 is 21.3 Å². The van der Waals surface area contributed by atoms with Gasteiger partial charge < -0.3 is 70.3 Å². The van der Waals surface area contributed by atoms with Gasteiger partial charge in [-0.15, -0.1) is 0 Å². The highest BCUT2D eigenvalue weighted by atomic mass is 16.5. The summed E-state index contributed by atoms with van der Waals surface area (Å²) in [6, 6.07) is 4.19. The van der Waals surface area contributed by atoms with E-state index in [0.29, 0.717) is 43.5 Å². The second-order valence-electron chi connectivity index (χ2n) is 28.7. The van der Waals surface area contributed by atoms with Gasteiger partial charge in [-0.25, -0.2) is 0 Å². The molecule has 2 fully saturated rings. The van der Waals surface area contributed by atoms with Crippen LogP contribution in [0.25, 0.3) is 0 Å². The Balaban J connectivity index is 1.97. The number of benzene rings is 2. The normalized spacial score (nSPS) is 25.2. The zero-order chi connectivity index (χ0) is 74.3. The summed E-state index contributed by atoms with van der Waals surface area (Å²) in [5.41, 5.74) is 1.28. The summed E-state index contributed by atoms with van der Waals surface area (Å²) in [4.78, 5) is 189. The van der Waals surface area contributed by atoms with Crippen molar-refractivity contribution in [3.05, 3.63) is 71.8 Å². The van der Waals surface area contributed by atoms with E-state index in [9.17, 15) is 38.7 Å². The zero-order valence-electron chi connectivity index (χ0n) is 62.1. The fraction of sp³-hybridized carbons (Fsp3) is 0.671. The second kappa shape index (κ2) is 39.7. The molecule has 26 heteroatoms. The van der Waals surface area contributed by atoms with Gasteiger partial charge in [-0.1, -0.05) is 123 Å². The van der Waals surface area contributed by atoms with Gasteiger partial charge >= 0.3 is 0 Å². The fourth-order valence-corrected chi connectivity index (χ4v) is 12.4. The molecule has 0 aliphatic carbocycles. The number of ether oxygens (including phenoxy) is 1. The molecule has 2 saturated heterocycles. The van der Waals surface area contributed by atoms with Crippen molar-refractivity contribution in [2.75, 3.05) is 82.2 Å². The van der Waals surface area contributed by atoms with Crippen LogP contribution in [0.3, 0.4) is 0 Å². The molecule has 0 spiro atoms. The Morgan fingerprint density at radius 1 is 0.485 bits per heavy atom. The molecule has 2 aliphatic rings. The molecule has 0 unspecified atom stereocenters. The van der Waals surface area contributed by atoms with E-state index < -0.39 is 150 Å². The molecule has 0 aromatic heterocycles. The van der Waals surface area contributed by atoms with E-state index in [1.54, 1.807) is 65.6 Å². The summed E-state index contributed by atoms with van der Waals surface area (Å²) >= 11 is 0. The number of likely N-dealkylation sites (tertiary alicyclic amines) is 1. The first kappa shape index (κ1) is 83.4. The van der Waals surface area contributed by atoms with Gasteiger partial charge in [0.05, 0.1) is 25.7 Å². The van der Waals surface area contributed by atoms with Crippen molar-refractivity contribution in [2.45, 2.75) is 213 Å². The van der Waals surface area contributed by atoms with Gasteiger partial charge in [-0.3, -0.25) is 57.5 Å². The predicted molar refractivity (Wildman–Crippen MR) is 376 cm³/mol. The number of hydrogen-bond donors (Lipinski definition) is 5. The maximum absolute atomic E-state index is 15.5. The van der Waals surface area contributed by atoms with Gasteiger partial charge in [0.25, 0.3) is 0 Å². The molecule has 4 rings (SSSR count). The van der Waals surface area contributed by atoms with E-state index >= 15 is 24.0 Å². The fourth-order valence-electron chi connectivity index (χ4n) is 12.4. The minimum Gasteiger partial charge on any atom is -0.391 e. The Hall–Kier alpha value is -8.00. The minimum absolute atomic E-state index is 0.0348. The Labute approximate surface area is 587 Å². The highest BCUT2D eigenvalue weighted by Crippen LogP contribution is 2.24. The van der Waals surface area contributed by atoms with Crippen LogP contribution in [0.15, 0.2) is 60.7 Å². The van der Waals surface area contributed by atoms with E-state index in [0.717, 1.165) is 21.1 Å². The van der Waals surface area contributed by atoms with Crippen LogP contribution in [0.2, 0.25) is 0 Å². The SMILES string of the molecule is CCCOC[C@@H]1NC(=O)[C@H](Cc2ccccc2)N(C)C(=O)[C@H](CC(C)C)N(C)C(=O)[C@H](CC(C)C)NC(=O)[C@H](C)N(C)C(=O)C[C@@H](C(=O)N2CCCCC2)NC(=O)[C@H](CC(C)C)N(C)C(=O)CN(C)C(=O)[C@H]([C@@H](C)O)NC(=O)[C@H](CC(C)C)N(C)C(=O)[C@H](Cc2ccccc2)N(C)C1=O. The van der Waals surface area contributed by atoms with Gasteiger partial charge in [-0.05, 0) is 100 Å². The molecule has 5 N–H and O–H groups in total. The summed E-state index contributed by atoms with van der Waals surface area (Å²) in [6.07, 6.45) is 0.774. The van der Waals surface area contributed by atoms with Gasteiger partial charge in [-0.2, -0.15) is 0 Å². The van der Waals surface area contributed by atoms with Crippen molar-refractivity contribution in [1.82, 2.24) is 60.5 Å². The number of rotatable bonds is 18. The molecule has 26 nitrogen and oxygen atoms in total. The number of aliphatic hydroxyl groups is 1. The number of nitrogens with one attached hydrogen (secondary N) is 4. The van der Waals surface area contributed by atoms with Crippen LogP contribution in [0.4, 0.5) is 0 Å². The molecule has 552 valence electrons. The van der Waals surface area contributed by atoms with Crippen LogP contribution in [0.1, 0.15) is 145 Å². The summed E-state index contributed by atoms with van der Waals surface area (Å²) in [5, 5.41) is 22.5. The van der Waals surface area contributed by atoms with Crippen molar-refractivity contribution in [3.8, 4) is 0 Å². The van der Waals surface area contributed by atoms with E-state index in [2.05, 4.69) is 21.3 Å². The maximum atomic E-state index is 15.5. The number of amides is 12. The summed E-state index contributed by atoms with van der Waals surface area (Å²) in [7, 11) is 9.72. The van der Waals surface area contributed by atoms with Gasteiger partial charge in [0.1, 0.15) is 60.4 Å². The van der Waals surface area contributed by atoms with Gasteiger partial charge in [0.15, 0.2) is 0 Å². The lowest BCUT2D eigenvalue weighted by Crippen LogP contribution is -2.62. The molecule has 12 amide bonds. The topological polar surface area (TPSA) is 308 Å². The number of carbonyl (C=O) groups excluding carboxylic acids is 12. The smallest absolute Gasteiger partial charge is 0.248 e. The summed E-state index contributed by atoms with van der Waals surface area (Å²) in [6.45, 7) is 19.2. The van der Waals surface area contributed by atoms with Crippen molar-refractivity contribution >= 4 is 70.9 Å². The lowest BCUT2D eigenvalue weighted by atomic mass is 9.97. The lowest BCUT2D eigenvalue weighted by molar-refractivity contribution is -0.152. The molecule has 0 saturated carbocycles. The number of hydrogen-bond acceptors (Lipinski definition) is 14. The largest absolute Gasteiger partial charge is 0.391 e.